The van der Waals surface area contributed by atoms with Crippen LogP contribution in [0.3, 0.4) is 0 Å². The van der Waals surface area contributed by atoms with Crippen molar-refractivity contribution in [2.24, 2.45) is 0 Å². The lowest BCUT2D eigenvalue weighted by atomic mass is 10.2. The van der Waals surface area contributed by atoms with Crippen LogP contribution in [0.2, 0.25) is 0 Å². The highest BCUT2D eigenvalue weighted by Crippen LogP contribution is 2.40. The fourth-order valence-electron chi connectivity index (χ4n) is 1.13. The molecule has 0 saturated carbocycles. The minimum absolute atomic E-state index is 0.343. The standard InChI is InChI=1S/C8H6BrIO2/c9-6-1-2-7-8(5(6)3-10)12-4-11-7/h1-2H,3-4H2. The summed E-state index contributed by atoms with van der Waals surface area (Å²) in [5.74, 6) is 1.74. The molecule has 0 amide bonds. The summed E-state index contributed by atoms with van der Waals surface area (Å²) in [7, 11) is 0. The van der Waals surface area contributed by atoms with Crippen molar-refractivity contribution >= 4 is 38.5 Å². The highest BCUT2D eigenvalue weighted by atomic mass is 127. The lowest BCUT2D eigenvalue weighted by molar-refractivity contribution is 0.173. The molecule has 0 unspecified atom stereocenters. The summed E-state index contributed by atoms with van der Waals surface area (Å²) >= 11 is 5.78. The molecule has 1 aliphatic rings. The highest BCUT2D eigenvalue weighted by Gasteiger charge is 2.18. The van der Waals surface area contributed by atoms with Crippen LogP contribution in [0.1, 0.15) is 5.56 Å². The zero-order valence-electron chi connectivity index (χ0n) is 6.14. The van der Waals surface area contributed by atoms with E-state index in [-0.39, 0.29) is 0 Å². The monoisotopic (exact) mass is 340 g/mol. The molecule has 64 valence electrons. The van der Waals surface area contributed by atoms with Crippen LogP contribution in [0.4, 0.5) is 0 Å². The second-order valence-corrected chi connectivity index (χ2v) is 4.01. The van der Waals surface area contributed by atoms with E-state index >= 15 is 0 Å². The number of hydrogen-bond donors (Lipinski definition) is 0. The van der Waals surface area contributed by atoms with Gasteiger partial charge in [0.25, 0.3) is 0 Å². The smallest absolute Gasteiger partial charge is 0.231 e. The van der Waals surface area contributed by atoms with E-state index < -0.39 is 0 Å². The number of fused-ring (bicyclic) bond motifs is 1. The van der Waals surface area contributed by atoms with E-state index in [1.54, 1.807) is 0 Å². The van der Waals surface area contributed by atoms with Crippen LogP contribution in [-0.2, 0) is 4.43 Å². The molecular weight excluding hydrogens is 335 g/mol. The molecule has 0 saturated heterocycles. The summed E-state index contributed by atoms with van der Waals surface area (Å²) in [4.78, 5) is 0. The second kappa shape index (κ2) is 3.41. The topological polar surface area (TPSA) is 18.5 Å². The molecule has 1 aliphatic heterocycles. The quantitative estimate of drug-likeness (QED) is 0.577. The molecule has 2 nitrogen and oxygen atoms in total. The van der Waals surface area contributed by atoms with Crippen LogP contribution in [0.15, 0.2) is 16.6 Å². The average Bonchev–Trinajstić information content (AvgIpc) is 2.52. The van der Waals surface area contributed by atoms with Gasteiger partial charge in [-0.3, -0.25) is 0 Å². The lowest BCUT2D eigenvalue weighted by Crippen LogP contribution is -1.94. The summed E-state index contributed by atoms with van der Waals surface area (Å²) in [5.41, 5.74) is 1.17. The molecule has 0 aliphatic carbocycles. The zero-order chi connectivity index (χ0) is 8.55. The molecule has 0 radical (unpaired) electrons. The van der Waals surface area contributed by atoms with Gasteiger partial charge in [-0.2, -0.15) is 0 Å². The number of hydrogen-bond acceptors (Lipinski definition) is 2. The first-order valence-corrected chi connectivity index (χ1v) is 5.77. The number of rotatable bonds is 1. The summed E-state index contributed by atoms with van der Waals surface area (Å²) < 4.78 is 12.6. The minimum Gasteiger partial charge on any atom is -0.454 e. The van der Waals surface area contributed by atoms with Crippen molar-refractivity contribution in [3.05, 3.63) is 22.2 Å². The molecule has 0 atom stereocenters. The van der Waals surface area contributed by atoms with E-state index in [1.165, 1.54) is 5.56 Å². The van der Waals surface area contributed by atoms with Gasteiger partial charge in [0.1, 0.15) is 0 Å². The maximum absolute atomic E-state index is 5.34. The zero-order valence-corrected chi connectivity index (χ0v) is 9.88. The number of ether oxygens (including phenoxy) is 2. The van der Waals surface area contributed by atoms with Crippen molar-refractivity contribution in [1.29, 1.82) is 0 Å². The van der Waals surface area contributed by atoms with Gasteiger partial charge in [0.05, 0.1) is 0 Å². The third-order valence-corrected chi connectivity index (χ3v) is 3.22. The predicted molar refractivity (Wildman–Crippen MR) is 58.0 cm³/mol. The SMILES string of the molecule is Brc1ccc2c(c1CI)OCO2. The van der Waals surface area contributed by atoms with Crippen LogP contribution in [0.25, 0.3) is 0 Å². The van der Waals surface area contributed by atoms with E-state index in [0.717, 1.165) is 20.4 Å². The molecular formula is C8H6BrIO2. The summed E-state index contributed by atoms with van der Waals surface area (Å²) in [6.07, 6.45) is 0. The number of halogens is 2. The van der Waals surface area contributed by atoms with E-state index in [2.05, 4.69) is 38.5 Å². The fourth-order valence-corrected chi connectivity index (χ4v) is 2.86. The van der Waals surface area contributed by atoms with Gasteiger partial charge >= 0.3 is 0 Å². The molecule has 1 aromatic rings. The molecule has 12 heavy (non-hydrogen) atoms. The first-order chi connectivity index (χ1) is 5.83. The van der Waals surface area contributed by atoms with Gasteiger partial charge in [-0.15, -0.1) is 0 Å². The average molecular weight is 341 g/mol. The Bertz CT molecular complexity index is 314. The molecule has 0 N–H and O–H groups in total. The summed E-state index contributed by atoms with van der Waals surface area (Å²) in [6.45, 7) is 0.343. The van der Waals surface area contributed by atoms with Crippen LogP contribution in [0, 0.1) is 0 Å². The third kappa shape index (κ3) is 1.31. The summed E-state index contributed by atoms with van der Waals surface area (Å²) in [5, 5.41) is 0. The second-order valence-electron chi connectivity index (χ2n) is 2.39. The van der Waals surface area contributed by atoms with E-state index in [9.17, 15) is 0 Å². The van der Waals surface area contributed by atoms with Gasteiger partial charge in [0, 0.05) is 14.5 Å². The Labute approximate surface area is 92.5 Å². The number of benzene rings is 1. The van der Waals surface area contributed by atoms with Gasteiger partial charge in [0.15, 0.2) is 11.5 Å². The highest BCUT2D eigenvalue weighted by molar-refractivity contribution is 14.1. The van der Waals surface area contributed by atoms with Gasteiger partial charge in [0.2, 0.25) is 6.79 Å². The maximum Gasteiger partial charge on any atom is 0.231 e. The van der Waals surface area contributed by atoms with Crippen molar-refractivity contribution in [2.45, 2.75) is 4.43 Å². The van der Waals surface area contributed by atoms with E-state index in [4.69, 9.17) is 9.47 Å². The maximum atomic E-state index is 5.34. The molecule has 4 heteroatoms. The Balaban J connectivity index is 2.57. The molecule has 0 bridgehead atoms. The Kier molecular flexibility index (Phi) is 2.45. The largest absolute Gasteiger partial charge is 0.454 e. The van der Waals surface area contributed by atoms with Crippen LogP contribution >= 0.6 is 38.5 Å². The Morgan fingerprint density at radius 3 is 3.00 bits per heavy atom. The first kappa shape index (κ1) is 8.62. The van der Waals surface area contributed by atoms with Crippen LogP contribution in [0.5, 0.6) is 11.5 Å². The lowest BCUT2D eigenvalue weighted by Gasteiger charge is -2.03. The Morgan fingerprint density at radius 1 is 1.42 bits per heavy atom. The van der Waals surface area contributed by atoms with E-state index in [0.29, 0.717) is 6.79 Å². The van der Waals surface area contributed by atoms with Crippen molar-refractivity contribution in [1.82, 2.24) is 0 Å². The van der Waals surface area contributed by atoms with Gasteiger partial charge in [-0.05, 0) is 12.1 Å². The van der Waals surface area contributed by atoms with Crippen LogP contribution < -0.4 is 9.47 Å². The van der Waals surface area contributed by atoms with Crippen molar-refractivity contribution in [3.63, 3.8) is 0 Å². The minimum atomic E-state index is 0.343. The molecule has 1 aromatic carbocycles. The molecule has 0 spiro atoms. The van der Waals surface area contributed by atoms with Crippen molar-refractivity contribution < 1.29 is 9.47 Å². The summed E-state index contributed by atoms with van der Waals surface area (Å²) in [6, 6.07) is 3.91. The van der Waals surface area contributed by atoms with Gasteiger partial charge in [-0.25, -0.2) is 0 Å². The molecule has 0 fully saturated rings. The third-order valence-electron chi connectivity index (χ3n) is 1.72. The molecule has 1 heterocycles. The molecule has 2 rings (SSSR count). The number of alkyl halides is 1. The molecule has 0 aromatic heterocycles. The Morgan fingerprint density at radius 2 is 2.25 bits per heavy atom. The predicted octanol–water partition coefficient (Wildman–Crippen LogP) is 3.11. The van der Waals surface area contributed by atoms with Crippen molar-refractivity contribution in [2.75, 3.05) is 6.79 Å². The van der Waals surface area contributed by atoms with E-state index in [1.807, 2.05) is 12.1 Å². The van der Waals surface area contributed by atoms with Gasteiger partial charge < -0.3 is 9.47 Å². The van der Waals surface area contributed by atoms with Crippen LogP contribution in [-0.4, -0.2) is 6.79 Å². The Hall–Kier alpha value is 0.0300. The van der Waals surface area contributed by atoms with Crippen molar-refractivity contribution in [3.8, 4) is 11.5 Å². The first-order valence-electron chi connectivity index (χ1n) is 3.46. The fraction of sp³-hybridized carbons (Fsp3) is 0.250. The van der Waals surface area contributed by atoms with Gasteiger partial charge in [-0.1, -0.05) is 38.5 Å². The normalized spacial score (nSPS) is 13.5.